The Hall–Kier alpha value is -0.820. The van der Waals surface area contributed by atoms with Gasteiger partial charge in [-0.05, 0) is 54.8 Å². The first kappa shape index (κ1) is 12.2. The number of hydrogen-bond donors (Lipinski definition) is 1. The van der Waals surface area contributed by atoms with Crippen LogP contribution in [0.3, 0.4) is 0 Å². The number of nitrogens with one attached hydrogen (secondary N) is 1. The van der Waals surface area contributed by atoms with Gasteiger partial charge in [-0.25, -0.2) is 0 Å². The Bertz CT molecular complexity index is 462. The molecule has 3 rings (SSSR count). The van der Waals surface area contributed by atoms with E-state index >= 15 is 0 Å². The predicted molar refractivity (Wildman–Crippen MR) is 77.0 cm³/mol. The summed E-state index contributed by atoms with van der Waals surface area (Å²) in [7, 11) is 2.08. The summed E-state index contributed by atoms with van der Waals surface area (Å²) in [6.45, 7) is 8.45. The van der Waals surface area contributed by atoms with Crippen LogP contribution in [0.4, 0.5) is 0 Å². The van der Waals surface area contributed by atoms with Gasteiger partial charge in [0, 0.05) is 5.41 Å². The maximum atomic E-state index is 3.40. The molecular formula is C17H25N. The summed E-state index contributed by atoms with van der Waals surface area (Å²) in [5.74, 6) is 1.53. The van der Waals surface area contributed by atoms with Crippen LogP contribution >= 0.6 is 0 Å². The lowest BCUT2D eigenvalue weighted by Crippen LogP contribution is -2.25. The van der Waals surface area contributed by atoms with Crippen LogP contribution in [0, 0.1) is 11.3 Å². The molecule has 1 aromatic carbocycles. The number of fused-ring (bicyclic) bond motifs is 2. The fourth-order valence-electron chi connectivity index (χ4n) is 4.70. The zero-order valence-corrected chi connectivity index (χ0v) is 12.1. The van der Waals surface area contributed by atoms with Crippen LogP contribution in [0.15, 0.2) is 24.3 Å². The first-order valence-corrected chi connectivity index (χ1v) is 7.29. The third-order valence-corrected chi connectivity index (χ3v) is 5.88. The van der Waals surface area contributed by atoms with Crippen LogP contribution in [-0.2, 0) is 5.41 Å². The second-order valence-corrected chi connectivity index (χ2v) is 6.83. The van der Waals surface area contributed by atoms with E-state index in [9.17, 15) is 0 Å². The van der Waals surface area contributed by atoms with E-state index in [1.165, 1.54) is 12.8 Å². The Morgan fingerprint density at radius 3 is 2.72 bits per heavy atom. The first-order valence-electron chi connectivity index (χ1n) is 7.29. The van der Waals surface area contributed by atoms with Crippen LogP contribution in [-0.4, -0.2) is 13.6 Å². The van der Waals surface area contributed by atoms with Crippen molar-refractivity contribution in [2.24, 2.45) is 11.3 Å². The van der Waals surface area contributed by atoms with Crippen molar-refractivity contribution >= 4 is 0 Å². The maximum absolute atomic E-state index is 3.40. The zero-order valence-electron chi connectivity index (χ0n) is 12.1. The molecule has 98 valence electrons. The van der Waals surface area contributed by atoms with E-state index in [4.69, 9.17) is 0 Å². The Morgan fingerprint density at radius 2 is 2.00 bits per heavy atom. The third kappa shape index (κ3) is 1.31. The van der Waals surface area contributed by atoms with Gasteiger partial charge in [0.2, 0.25) is 0 Å². The molecule has 0 bridgehead atoms. The fourth-order valence-corrected chi connectivity index (χ4v) is 4.70. The van der Waals surface area contributed by atoms with Gasteiger partial charge in [-0.3, -0.25) is 0 Å². The van der Waals surface area contributed by atoms with Crippen molar-refractivity contribution in [3.63, 3.8) is 0 Å². The molecule has 2 aliphatic carbocycles. The van der Waals surface area contributed by atoms with Gasteiger partial charge in [0.15, 0.2) is 0 Å². The van der Waals surface area contributed by atoms with Crippen LogP contribution in [0.5, 0.6) is 0 Å². The van der Waals surface area contributed by atoms with Crippen LogP contribution < -0.4 is 5.32 Å². The van der Waals surface area contributed by atoms with Gasteiger partial charge in [0.1, 0.15) is 0 Å². The van der Waals surface area contributed by atoms with E-state index in [2.05, 4.69) is 57.4 Å². The lowest BCUT2D eigenvalue weighted by atomic mass is 9.71. The van der Waals surface area contributed by atoms with E-state index in [1.807, 2.05) is 0 Å². The molecule has 2 aliphatic rings. The van der Waals surface area contributed by atoms with Crippen molar-refractivity contribution in [1.29, 1.82) is 0 Å². The second-order valence-electron chi connectivity index (χ2n) is 6.83. The molecule has 1 saturated carbocycles. The minimum absolute atomic E-state index is 0.444. The Balaban J connectivity index is 2.08. The van der Waals surface area contributed by atoms with Crippen LogP contribution in [0.25, 0.3) is 0 Å². The summed E-state index contributed by atoms with van der Waals surface area (Å²) in [4.78, 5) is 0. The maximum Gasteiger partial charge on any atom is 0.00563 e. The highest BCUT2D eigenvalue weighted by Crippen LogP contribution is 2.73. The molecule has 3 atom stereocenters. The smallest absolute Gasteiger partial charge is 0.00563 e. The molecule has 0 heterocycles. The molecule has 1 heteroatoms. The number of benzene rings is 1. The molecule has 18 heavy (non-hydrogen) atoms. The molecule has 0 radical (unpaired) electrons. The summed E-state index contributed by atoms with van der Waals surface area (Å²) in [6.07, 6.45) is 2.71. The minimum Gasteiger partial charge on any atom is -0.319 e. The molecule has 0 saturated heterocycles. The van der Waals surface area contributed by atoms with E-state index in [1.54, 1.807) is 11.1 Å². The molecular weight excluding hydrogens is 218 g/mol. The summed E-state index contributed by atoms with van der Waals surface area (Å²) in [6, 6.07) is 9.18. The molecule has 3 unspecified atom stereocenters. The number of hydrogen-bond acceptors (Lipinski definition) is 1. The van der Waals surface area contributed by atoms with Crippen molar-refractivity contribution in [3.8, 4) is 0 Å². The summed E-state index contributed by atoms with van der Waals surface area (Å²) >= 11 is 0. The normalized spacial score (nSPS) is 36.4. The van der Waals surface area contributed by atoms with Crippen molar-refractivity contribution in [3.05, 3.63) is 35.4 Å². The quantitative estimate of drug-likeness (QED) is 0.835. The Morgan fingerprint density at radius 1 is 1.28 bits per heavy atom. The standard InChI is InChI=1S/C17H25N/c1-12-9-10-17(14-8-6-5-7-13(12)14)15(11-18-4)16(17,2)3/h5-8,12,15,18H,9-11H2,1-4H3. The molecule has 0 aromatic heterocycles. The molecule has 1 nitrogen and oxygen atoms in total. The van der Waals surface area contributed by atoms with E-state index in [0.717, 1.165) is 18.4 Å². The van der Waals surface area contributed by atoms with Gasteiger partial charge in [0.25, 0.3) is 0 Å². The first-order chi connectivity index (χ1) is 8.55. The van der Waals surface area contributed by atoms with Crippen molar-refractivity contribution < 1.29 is 0 Å². The van der Waals surface area contributed by atoms with E-state index < -0.39 is 0 Å². The third-order valence-electron chi connectivity index (χ3n) is 5.88. The number of rotatable bonds is 2. The van der Waals surface area contributed by atoms with E-state index in [0.29, 0.717) is 10.8 Å². The van der Waals surface area contributed by atoms with Gasteiger partial charge in [-0.2, -0.15) is 0 Å². The second kappa shape index (κ2) is 3.84. The summed E-state index contributed by atoms with van der Waals surface area (Å²) in [5.41, 5.74) is 4.15. The molecule has 1 spiro atoms. The van der Waals surface area contributed by atoms with Gasteiger partial charge < -0.3 is 5.32 Å². The molecule has 0 aliphatic heterocycles. The SMILES string of the molecule is CNCC1C(C)(C)C12CCC(C)c1ccccc12. The predicted octanol–water partition coefficient (Wildman–Crippen LogP) is 3.70. The Labute approximate surface area is 111 Å². The highest BCUT2D eigenvalue weighted by atomic mass is 14.9. The molecule has 1 N–H and O–H groups in total. The van der Waals surface area contributed by atoms with Crippen LogP contribution in [0.2, 0.25) is 0 Å². The Kier molecular flexibility index (Phi) is 2.60. The van der Waals surface area contributed by atoms with Gasteiger partial charge >= 0.3 is 0 Å². The molecule has 1 aromatic rings. The zero-order chi connectivity index (χ0) is 13.0. The lowest BCUT2D eigenvalue weighted by molar-refractivity contribution is 0.406. The van der Waals surface area contributed by atoms with Crippen molar-refractivity contribution in [1.82, 2.24) is 5.32 Å². The summed E-state index contributed by atoms with van der Waals surface area (Å²) < 4.78 is 0. The monoisotopic (exact) mass is 243 g/mol. The molecule has 0 amide bonds. The average molecular weight is 243 g/mol. The minimum atomic E-state index is 0.444. The lowest BCUT2D eigenvalue weighted by Gasteiger charge is -2.33. The van der Waals surface area contributed by atoms with E-state index in [-0.39, 0.29) is 0 Å². The van der Waals surface area contributed by atoms with Gasteiger partial charge in [0.05, 0.1) is 0 Å². The largest absolute Gasteiger partial charge is 0.319 e. The highest BCUT2D eigenvalue weighted by molar-refractivity contribution is 5.48. The van der Waals surface area contributed by atoms with Crippen LogP contribution in [0.1, 0.15) is 50.7 Å². The molecule has 1 fully saturated rings. The topological polar surface area (TPSA) is 12.0 Å². The summed E-state index contributed by atoms with van der Waals surface area (Å²) in [5, 5.41) is 3.40. The van der Waals surface area contributed by atoms with Crippen molar-refractivity contribution in [2.45, 2.75) is 44.9 Å². The van der Waals surface area contributed by atoms with Gasteiger partial charge in [-0.1, -0.05) is 45.0 Å². The van der Waals surface area contributed by atoms with Crippen molar-refractivity contribution in [2.75, 3.05) is 13.6 Å². The average Bonchev–Trinajstić information content (AvgIpc) is 2.83. The fraction of sp³-hybridized carbons (Fsp3) is 0.647. The van der Waals surface area contributed by atoms with Gasteiger partial charge in [-0.15, -0.1) is 0 Å². The highest BCUT2D eigenvalue weighted by Gasteiger charge is 2.71.